The van der Waals surface area contributed by atoms with Crippen LogP contribution in [0.3, 0.4) is 0 Å². The fourth-order valence-corrected chi connectivity index (χ4v) is 2.55. The molecule has 1 aliphatic rings. The largest absolute Gasteiger partial charge is 0.479 e. The minimum Gasteiger partial charge on any atom is -0.479 e. The maximum Gasteiger partial charge on any atom is 0.254 e. The molecular formula is C16H20N4O4. The lowest BCUT2D eigenvalue weighted by atomic mass is 10.2. The Hall–Kier alpha value is -2.48. The van der Waals surface area contributed by atoms with Crippen molar-refractivity contribution in [2.45, 2.75) is 25.9 Å². The molecule has 0 aliphatic carbocycles. The second kappa shape index (κ2) is 7.39. The number of carbonyl (C=O) groups excluding carboxylic acids is 1. The Balaban J connectivity index is 1.56. The molecule has 1 atom stereocenters. The van der Waals surface area contributed by atoms with Crippen LogP contribution in [0.1, 0.15) is 29.8 Å². The highest BCUT2D eigenvalue weighted by molar-refractivity contribution is 5.76. The van der Waals surface area contributed by atoms with E-state index in [4.69, 9.17) is 14.0 Å². The third-order valence-corrected chi connectivity index (χ3v) is 3.85. The first-order valence-electron chi connectivity index (χ1n) is 7.84. The van der Waals surface area contributed by atoms with Gasteiger partial charge in [-0.1, -0.05) is 0 Å². The Morgan fingerprint density at radius 1 is 1.50 bits per heavy atom. The SMILES string of the molecule is COc1cc(CCC(=O)N2CCO[C@@H](c3nccc(C)n3)C2)on1. The number of carbonyl (C=O) groups is 1. The van der Waals surface area contributed by atoms with Crippen LogP contribution in [0, 0.1) is 6.92 Å². The molecule has 0 N–H and O–H groups in total. The van der Waals surface area contributed by atoms with Crippen LogP contribution in [0.4, 0.5) is 0 Å². The van der Waals surface area contributed by atoms with Crippen molar-refractivity contribution in [1.29, 1.82) is 0 Å². The lowest BCUT2D eigenvalue weighted by Crippen LogP contribution is -2.42. The van der Waals surface area contributed by atoms with Gasteiger partial charge in [0.1, 0.15) is 11.9 Å². The molecule has 3 rings (SSSR count). The van der Waals surface area contributed by atoms with Gasteiger partial charge in [0, 0.05) is 37.3 Å². The first-order valence-corrected chi connectivity index (χ1v) is 7.84. The quantitative estimate of drug-likeness (QED) is 0.815. The first-order chi connectivity index (χ1) is 11.7. The topological polar surface area (TPSA) is 90.6 Å². The minimum atomic E-state index is -0.284. The van der Waals surface area contributed by atoms with Crippen LogP contribution in [0.2, 0.25) is 0 Å². The molecule has 2 aromatic heterocycles. The molecule has 1 amide bonds. The Morgan fingerprint density at radius 3 is 3.12 bits per heavy atom. The fourth-order valence-electron chi connectivity index (χ4n) is 2.55. The van der Waals surface area contributed by atoms with Crippen LogP contribution in [0.5, 0.6) is 5.88 Å². The third-order valence-electron chi connectivity index (χ3n) is 3.85. The summed E-state index contributed by atoms with van der Waals surface area (Å²) in [7, 11) is 1.52. The molecule has 1 aliphatic heterocycles. The van der Waals surface area contributed by atoms with Gasteiger partial charge in [-0.3, -0.25) is 4.79 Å². The lowest BCUT2D eigenvalue weighted by molar-refractivity contribution is -0.139. The predicted molar refractivity (Wildman–Crippen MR) is 83.4 cm³/mol. The molecule has 8 heteroatoms. The van der Waals surface area contributed by atoms with Crippen molar-refractivity contribution >= 4 is 5.91 Å². The van der Waals surface area contributed by atoms with Crippen molar-refractivity contribution in [2.75, 3.05) is 26.8 Å². The molecule has 8 nitrogen and oxygen atoms in total. The summed E-state index contributed by atoms with van der Waals surface area (Å²) in [5.74, 6) is 1.71. The molecule has 0 saturated carbocycles. The van der Waals surface area contributed by atoms with Gasteiger partial charge in [-0.15, -0.1) is 0 Å². The molecule has 2 aromatic rings. The second-order valence-electron chi connectivity index (χ2n) is 5.59. The van der Waals surface area contributed by atoms with E-state index in [1.165, 1.54) is 7.11 Å². The predicted octanol–water partition coefficient (Wildman–Crippen LogP) is 1.31. The highest BCUT2D eigenvalue weighted by Crippen LogP contribution is 2.20. The Kier molecular flexibility index (Phi) is 5.05. The maximum absolute atomic E-state index is 12.4. The van der Waals surface area contributed by atoms with E-state index in [1.54, 1.807) is 17.2 Å². The number of morpholine rings is 1. The van der Waals surface area contributed by atoms with Gasteiger partial charge in [-0.2, -0.15) is 0 Å². The van der Waals surface area contributed by atoms with Gasteiger partial charge in [0.2, 0.25) is 5.91 Å². The number of rotatable bonds is 5. The van der Waals surface area contributed by atoms with Crippen molar-refractivity contribution in [2.24, 2.45) is 0 Å². The van der Waals surface area contributed by atoms with Crippen LogP contribution in [-0.2, 0) is 16.0 Å². The van der Waals surface area contributed by atoms with Crippen molar-refractivity contribution in [3.63, 3.8) is 0 Å². The Morgan fingerprint density at radius 2 is 2.38 bits per heavy atom. The van der Waals surface area contributed by atoms with Gasteiger partial charge < -0.3 is 18.9 Å². The zero-order valence-corrected chi connectivity index (χ0v) is 13.8. The molecular weight excluding hydrogens is 312 g/mol. The molecule has 0 radical (unpaired) electrons. The van der Waals surface area contributed by atoms with Crippen LogP contribution < -0.4 is 4.74 Å². The Bertz CT molecular complexity index is 703. The first kappa shape index (κ1) is 16.4. The Labute approximate surface area is 139 Å². The van der Waals surface area contributed by atoms with Gasteiger partial charge in [-0.25, -0.2) is 9.97 Å². The summed E-state index contributed by atoms with van der Waals surface area (Å²) in [5.41, 5.74) is 0.881. The molecule has 0 unspecified atom stereocenters. The van der Waals surface area contributed by atoms with E-state index in [2.05, 4.69) is 15.1 Å². The zero-order valence-electron chi connectivity index (χ0n) is 13.8. The van der Waals surface area contributed by atoms with Crippen LogP contribution in [0.25, 0.3) is 0 Å². The van der Waals surface area contributed by atoms with Gasteiger partial charge in [0.25, 0.3) is 5.88 Å². The summed E-state index contributed by atoms with van der Waals surface area (Å²) in [4.78, 5) is 22.8. The van der Waals surface area contributed by atoms with E-state index >= 15 is 0 Å². The standard InChI is InChI=1S/C16H20N4O4/c1-11-5-6-17-16(18-11)13-10-20(7-8-23-13)15(21)4-3-12-9-14(22-2)19-24-12/h5-6,9,13H,3-4,7-8,10H2,1-2H3/t13-/m1/s1. The van der Waals surface area contributed by atoms with E-state index in [-0.39, 0.29) is 12.0 Å². The summed E-state index contributed by atoms with van der Waals surface area (Å²) in [5, 5.41) is 3.73. The molecule has 24 heavy (non-hydrogen) atoms. The lowest BCUT2D eigenvalue weighted by Gasteiger charge is -2.32. The van der Waals surface area contributed by atoms with Gasteiger partial charge in [0.05, 0.1) is 20.3 Å². The zero-order chi connectivity index (χ0) is 16.9. The highest BCUT2D eigenvalue weighted by Gasteiger charge is 2.27. The van der Waals surface area contributed by atoms with Crippen molar-refractivity contribution in [1.82, 2.24) is 20.0 Å². The number of amides is 1. The van der Waals surface area contributed by atoms with E-state index in [0.717, 1.165) is 5.69 Å². The molecule has 128 valence electrons. The highest BCUT2D eigenvalue weighted by atomic mass is 16.5. The summed E-state index contributed by atoms with van der Waals surface area (Å²) < 4.78 is 15.8. The van der Waals surface area contributed by atoms with E-state index in [0.29, 0.717) is 50.0 Å². The summed E-state index contributed by atoms with van der Waals surface area (Å²) in [6.07, 6.45) is 2.25. The summed E-state index contributed by atoms with van der Waals surface area (Å²) >= 11 is 0. The van der Waals surface area contributed by atoms with Crippen molar-refractivity contribution in [3.8, 4) is 5.88 Å². The van der Waals surface area contributed by atoms with Crippen LogP contribution in [0.15, 0.2) is 22.9 Å². The van der Waals surface area contributed by atoms with Gasteiger partial charge in [0.15, 0.2) is 5.82 Å². The molecule has 0 bridgehead atoms. The second-order valence-corrected chi connectivity index (χ2v) is 5.59. The number of ether oxygens (including phenoxy) is 2. The smallest absolute Gasteiger partial charge is 0.254 e. The number of nitrogens with zero attached hydrogens (tertiary/aromatic N) is 4. The van der Waals surface area contributed by atoms with E-state index < -0.39 is 0 Å². The van der Waals surface area contributed by atoms with E-state index in [9.17, 15) is 4.79 Å². The number of aromatic nitrogens is 3. The number of hydrogen-bond donors (Lipinski definition) is 0. The van der Waals surface area contributed by atoms with Crippen molar-refractivity contribution < 1.29 is 18.8 Å². The number of methoxy groups -OCH3 is 1. The molecule has 1 fully saturated rings. The van der Waals surface area contributed by atoms with Gasteiger partial charge >= 0.3 is 0 Å². The summed E-state index contributed by atoms with van der Waals surface area (Å²) in [6.45, 7) is 3.41. The number of aryl methyl sites for hydroxylation is 2. The van der Waals surface area contributed by atoms with Crippen LogP contribution >= 0.6 is 0 Å². The fraction of sp³-hybridized carbons (Fsp3) is 0.500. The molecule has 3 heterocycles. The minimum absolute atomic E-state index is 0.0475. The maximum atomic E-state index is 12.4. The average Bonchev–Trinajstić information content (AvgIpc) is 3.08. The normalized spacial score (nSPS) is 17.8. The average molecular weight is 332 g/mol. The molecule has 0 spiro atoms. The third kappa shape index (κ3) is 3.88. The molecule has 0 aromatic carbocycles. The molecule has 1 saturated heterocycles. The van der Waals surface area contributed by atoms with Crippen molar-refractivity contribution in [3.05, 3.63) is 35.6 Å². The van der Waals surface area contributed by atoms with Crippen LogP contribution in [-0.4, -0.2) is 52.7 Å². The summed E-state index contributed by atoms with van der Waals surface area (Å²) in [6, 6.07) is 3.52. The van der Waals surface area contributed by atoms with E-state index in [1.807, 2.05) is 13.0 Å². The van der Waals surface area contributed by atoms with Gasteiger partial charge in [-0.05, 0) is 18.1 Å². The monoisotopic (exact) mass is 332 g/mol. The number of hydrogen-bond acceptors (Lipinski definition) is 7.